The van der Waals surface area contributed by atoms with Crippen LogP contribution >= 0.6 is 11.6 Å². The lowest BCUT2D eigenvalue weighted by Crippen LogP contribution is -2.13. The van der Waals surface area contributed by atoms with E-state index in [4.69, 9.17) is 16.3 Å². The fourth-order valence-electron chi connectivity index (χ4n) is 1.50. The van der Waals surface area contributed by atoms with Gasteiger partial charge < -0.3 is 15.2 Å². The third kappa shape index (κ3) is 2.95. The van der Waals surface area contributed by atoms with Crippen molar-refractivity contribution in [2.75, 3.05) is 12.4 Å². The number of halogens is 1. The second-order valence-electron chi connectivity index (χ2n) is 3.67. The number of benzene rings is 1. The van der Waals surface area contributed by atoms with Crippen molar-refractivity contribution in [1.82, 2.24) is 4.98 Å². The molecule has 5 nitrogen and oxygen atoms in total. The minimum absolute atomic E-state index is 0.108. The number of amides is 1. The first-order valence-electron chi connectivity index (χ1n) is 5.40. The van der Waals surface area contributed by atoms with Crippen LogP contribution in [-0.4, -0.2) is 23.1 Å². The van der Waals surface area contributed by atoms with Crippen LogP contribution < -0.4 is 10.1 Å². The normalized spacial score (nSPS) is 10.0. The van der Waals surface area contributed by atoms with E-state index in [-0.39, 0.29) is 17.1 Å². The number of anilines is 1. The number of hydrogen-bond donors (Lipinski definition) is 2. The highest BCUT2D eigenvalue weighted by molar-refractivity contribution is 6.30. The highest BCUT2D eigenvalue weighted by Crippen LogP contribution is 2.29. The number of pyridine rings is 1. The molecule has 2 N–H and O–H groups in total. The average Bonchev–Trinajstić information content (AvgIpc) is 2.41. The molecule has 0 fully saturated rings. The molecule has 0 aliphatic rings. The Morgan fingerprint density at radius 1 is 1.37 bits per heavy atom. The molecule has 0 unspecified atom stereocenters. The lowest BCUT2D eigenvalue weighted by atomic mass is 10.1. The Balaban J connectivity index is 2.23. The van der Waals surface area contributed by atoms with Crippen LogP contribution in [0.5, 0.6) is 11.5 Å². The number of carbonyl (C=O) groups excluding carboxylic acids is 1. The van der Waals surface area contributed by atoms with E-state index in [0.717, 1.165) is 0 Å². The highest BCUT2D eigenvalue weighted by Gasteiger charge is 2.15. The van der Waals surface area contributed by atoms with Gasteiger partial charge in [-0.15, -0.1) is 0 Å². The molecule has 19 heavy (non-hydrogen) atoms. The van der Waals surface area contributed by atoms with Gasteiger partial charge in [0.05, 0.1) is 17.7 Å². The van der Waals surface area contributed by atoms with E-state index in [1.807, 2.05) is 0 Å². The monoisotopic (exact) mass is 278 g/mol. The Labute approximate surface area is 114 Å². The summed E-state index contributed by atoms with van der Waals surface area (Å²) in [6.07, 6.45) is 1.42. The van der Waals surface area contributed by atoms with Crippen LogP contribution in [-0.2, 0) is 0 Å². The molecule has 1 amide bonds. The van der Waals surface area contributed by atoms with Crippen LogP contribution in [0.2, 0.25) is 5.02 Å². The fraction of sp³-hybridized carbons (Fsp3) is 0.0769. The smallest absolute Gasteiger partial charge is 0.260 e. The number of para-hydroxylation sites is 1. The predicted molar refractivity (Wildman–Crippen MR) is 71.9 cm³/mol. The SMILES string of the molecule is COc1cccc(C(=O)Nc2ccc(Cl)cn2)c1O. The number of phenolic OH excluding ortho intramolecular Hbond substituents is 1. The molecule has 0 radical (unpaired) electrons. The molecule has 1 aromatic heterocycles. The summed E-state index contributed by atoms with van der Waals surface area (Å²) < 4.78 is 4.94. The molecule has 2 rings (SSSR count). The summed E-state index contributed by atoms with van der Waals surface area (Å²) in [5, 5.41) is 12.9. The van der Waals surface area contributed by atoms with Gasteiger partial charge in [-0.3, -0.25) is 4.79 Å². The maximum atomic E-state index is 12.0. The molecule has 0 saturated carbocycles. The number of rotatable bonds is 3. The number of nitrogens with zero attached hydrogens (tertiary/aromatic N) is 1. The van der Waals surface area contributed by atoms with Crippen molar-refractivity contribution in [2.45, 2.75) is 0 Å². The summed E-state index contributed by atoms with van der Waals surface area (Å²) in [6.45, 7) is 0. The van der Waals surface area contributed by atoms with Crippen molar-refractivity contribution in [1.29, 1.82) is 0 Å². The van der Waals surface area contributed by atoms with Gasteiger partial charge in [0.2, 0.25) is 0 Å². The molecule has 1 heterocycles. The van der Waals surface area contributed by atoms with Gasteiger partial charge in [-0.1, -0.05) is 17.7 Å². The number of aromatic hydroxyl groups is 1. The van der Waals surface area contributed by atoms with Crippen LogP contribution in [0.4, 0.5) is 5.82 Å². The molecule has 6 heteroatoms. The second kappa shape index (κ2) is 5.58. The molecular weight excluding hydrogens is 268 g/mol. The minimum atomic E-state index is -0.480. The van der Waals surface area contributed by atoms with Crippen molar-refractivity contribution in [3.8, 4) is 11.5 Å². The van der Waals surface area contributed by atoms with Crippen molar-refractivity contribution in [3.05, 3.63) is 47.1 Å². The Bertz CT molecular complexity index is 599. The average molecular weight is 279 g/mol. The van der Waals surface area contributed by atoms with Gasteiger partial charge in [-0.05, 0) is 24.3 Å². The zero-order valence-electron chi connectivity index (χ0n) is 10.1. The molecule has 2 aromatic rings. The van der Waals surface area contributed by atoms with Gasteiger partial charge in [0.15, 0.2) is 11.5 Å². The highest BCUT2D eigenvalue weighted by atomic mass is 35.5. The standard InChI is InChI=1S/C13H11ClN2O3/c1-19-10-4-2-3-9(12(10)17)13(18)16-11-6-5-8(14)7-15-11/h2-7,17H,1H3,(H,15,16,18). The van der Waals surface area contributed by atoms with Gasteiger partial charge in [-0.2, -0.15) is 0 Å². The summed E-state index contributed by atoms with van der Waals surface area (Å²) in [6, 6.07) is 7.84. The van der Waals surface area contributed by atoms with Crippen molar-refractivity contribution >= 4 is 23.3 Å². The Kier molecular flexibility index (Phi) is 3.87. The molecule has 0 spiro atoms. The van der Waals surface area contributed by atoms with Crippen LogP contribution in [0.25, 0.3) is 0 Å². The maximum absolute atomic E-state index is 12.0. The van der Waals surface area contributed by atoms with E-state index in [1.54, 1.807) is 24.3 Å². The number of phenols is 1. The lowest BCUT2D eigenvalue weighted by molar-refractivity contribution is 0.102. The van der Waals surface area contributed by atoms with Crippen molar-refractivity contribution < 1.29 is 14.6 Å². The zero-order valence-corrected chi connectivity index (χ0v) is 10.8. The summed E-state index contributed by atoms with van der Waals surface area (Å²) >= 11 is 5.70. The van der Waals surface area contributed by atoms with Crippen molar-refractivity contribution in [3.63, 3.8) is 0 Å². The predicted octanol–water partition coefficient (Wildman–Crippen LogP) is 2.70. The molecular formula is C13H11ClN2O3. The first-order chi connectivity index (χ1) is 9.11. The number of hydrogen-bond acceptors (Lipinski definition) is 4. The minimum Gasteiger partial charge on any atom is -0.504 e. The summed E-state index contributed by atoms with van der Waals surface area (Å²) in [5.41, 5.74) is 0.108. The Hall–Kier alpha value is -2.27. The number of carbonyl (C=O) groups is 1. The Morgan fingerprint density at radius 3 is 2.79 bits per heavy atom. The van der Waals surface area contributed by atoms with Gasteiger partial charge in [0, 0.05) is 6.20 Å². The quantitative estimate of drug-likeness (QED) is 0.905. The second-order valence-corrected chi connectivity index (χ2v) is 4.11. The van der Waals surface area contributed by atoms with Crippen LogP contribution in [0.1, 0.15) is 10.4 Å². The van der Waals surface area contributed by atoms with E-state index in [0.29, 0.717) is 10.8 Å². The molecule has 0 atom stereocenters. The lowest BCUT2D eigenvalue weighted by Gasteiger charge is -2.08. The third-order valence-electron chi connectivity index (χ3n) is 2.43. The van der Waals surface area contributed by atoms with Crippen LogP contribution in [0.3, 0.4) is 0 Å². The molecule has 0 aliphatic heterocycles. The van der Waals surface area contributed by atoms with Crippen molar-refractivity contribution in [2.24, 2.45) is 0 Å². The zero-order chi connectivity index (χ0) is 13.8. The summed E-state index contributed by atoms with van der Waals surface area (Å²) in [4.78, 5) is 15.9. The topological polar surface area (TPSA) is 71.5 Å². The van der Waals surface area contributed by atoms with E-state index in [9.17, 15) is 9.90 Å². The van der Waals surface area contributed by atoms with Gasteiger partial charge in [0.1, 0.15) is 5.82 Å². The molecule has 0 saturated heterocycles. The molecule has 0 aliphatic carbocycles. The largest absolute Gasteiger partial charge is 0.504 e. The van der Waals surface area contributed by atoms with Gasteiger partial charge in [-0.25, -0.2) is 4.98 Å². The summed E-state index contributed by atoms with van der Waals surface area (Å²) in [5.74, 6) is -0.115. The molecule has 1 aromatic carbocycles. The first-order valence-corrected chi connectivity index (χ1v) is 5.78. The number of aromatic nitrogens is 1. The molecule has 98 valence electrons. The molecule has 0 bridgehead atoms. The van der Waals surface area contributed by atoms with Gasteiger partial charge >= 0.3 is 0 Å². The Morgan fingerprint density at radius 2 is 2.16 bits per heavy atom. The number of ether oxygens (including phenoxy) is 1. The maximum Gasteiger partial charge on any atom is 0.260 e. The van der Waals surface area contributed by atoms with Crippen LogP contribution in [0, 0.1) is 0 Å². The first kappa shape index (κ1) is 13.2. The van der Waals surface area contributed by atoms with E-state index in [1.165, 1.54) is 19.4 Å². The summed E-state index contributed by atoms with van der Waals surface area (Å²) in [7, 11) is 1.41. The van der Waals surface area contributed by atoms with E-state index in [2.05, 4.69) is 10.3 Å². The third-order valence-corrected chi connectivity index (χ3v) is 2.66. The van der Waals surface area contributed by atoms with Gasteiger partial charge in [0.25, 0.3) is 5.91 Å². The fourth-order valence-corrected chi connectivity index (χ4v) is 1.62. The number of methoxy groups -OCH3 is 1. The van der Waals surface area contributed by atoms with E-state index >= 15 is 0 Å². The van der Waals surface area contributed by atoms with E-state index < -0.39 is 5.91 Å². The number of nitrogens with one attached hydrogen (secondary N) is 1. The van der Waals surface area contributed by atoms with Crippen LogP contribution in [0.15, 0.2) is 36.5 Å².